The molecule has 0 saturated carbocycles. The zero-order chi connectivity index (χ0) is 9.78. The summed E-state index contributed by atoms with van der Waals surface area (Å²) < 4.78 is 0. The molecule has 0 spiro atoms. The summed E-state index contributed by atoms with van der Waals surface area (Å²) in [6.45, 7) is 0.857. The Bertz CT molecular complexity index is 76.2. The number of hydrogen-bond donors (Lipinski definition) is 1. The normalized spacial score (nSPS) is 10.6. The van der Waals surface area contributed by atoms with Crippen molar-refractivity contribution in [3.05, 3.63) is 0 Å². The number of halogens is 1. The highest BCUT2D eigenvalue weighted by Crippen LogP contribution is 2.09. The quantitative estimate of drug-likeness (QED) is 0.427. The first-order valence-corrected chi connectivity index (χ1v) is 6.21. The standard InChI is InChI=1S/C11H24ClN/c12-10-8-6-4-2-1-3-5-7-9-11-13/h1-11,13H2. The molecule has 0 amide bonds. The second kappa shape index (κ2) is 12.2. The first kappa shape index (κ1) is 13.2. The lowest BCUT2D eigenvalue weighted by Crippen LogP contribution is -1.97. The third-order valence-corrected chi connectivity index (χ3v) is 2.61. The van der Waals surface area contributed by atoms with Crippen LogP contribution in [0.2, 0.25) is 0 Å². The molecule has 0 aromatic heterocycles. The van der Waals surface area contributed by atoms with Crippen LogP contribution in [0.4, 0.5) is 0 Å². The van der Waals surface area contributed by atoms with Crippen LogP contribution in [0.1, 0.15) is 57.8 Å². The van der Waals surface area contributed by atoms with Crippen LogP contribution in [0.15, 0.2) is 0 Å². The largest absolute Gasteiger partial charge is 0.330 e. The third kappa shape index (κ3) is 12.2. The van der Waals surface area contributed by atoms with Crippen molar-refractivity contribution in [2.45, 2.75) is 57.8 Å². The van der Waals surface area contributed by atoms with E-state index >= 15 is 0 Å². The number of rotatable bonds is 10. The maximum absolute atomic E-state index is 5.59. The molecule has 0 aromatic rings. The molecule has 2 N–H and O–H groups in total. The molecule has 1 nitrogen and oxygen atoms in total. The van der Waals surface area contributed by atoms with Gasteiger partial charge in [-0.2, -0.15) is 0 Å². The van der Waals surface area contributed by atoms with Crippen LogP contribution in [0.3, 0.4) is 0 Å². The molecule has 13 heavy (non-hydrogen) atoms. The van der Waals surface area contributed by atoms with E-state index in [9.17, 15) is 0 Å². The SMILES string of the molecule is NCCCCCCCCCCCCl. The predicted molar refractivity (Wildman–Crippen MR) is 61.3 cm³/mol. The van der Waals surface area contributed by atoms with Gasteiger partial charge in [-0.05, 0) is 19.4 Å². The number of alkyl halides is 1. The van der Waals surface area contributed by atoms with E-state index in [0.717, 1.165) is 12.4 Å². The molecule has 80 valence electrons. The minimum Gasteiger partial charge on any atom is -0.330 e. The van der Waals surface area contributed by atoms with Crippen molar-refractivity contribution in [1.82, 2.24) is 0 Å². The number of unbranched alkanes of at least 4 members (excludes halogenated alkanes) is 8. The van der Waals surface area contributed by atoms with Crippen LogP contribution in [-0.4, -0.2) is 12.4 Å². The fourth-order valence-electron chi connectivity index (χ4n) is 1.48. The van der Waals surface area contributed by atoms with Crippen molar-refractivity contribution in [2.24, 2.45) is 5.73 Å². The van der Waals surface area contributed by atoms with E-state index in [1.54, 1.807) is 0 Å². The molecular weight excluding hydrogens is 182 g/mol. The number of hydrogen-bond acceptors (Lipinski definition) is 1. The van der Waals surface area contributed by atoms with Crippen LogP contribution >= 0.6 is 11.6 Å². The third-order valence-electron chi connectivity index (χ3n) is 2.34. The van der Waals surface area contributed by atoms with Crippen molar-refractivity contribution in [3.63, 3.8) is 0 Å². The highest BCUT2D eigenvalue weighted by molar-refractivity contribution is 6.17. The Morgan fingerprint density at radius 3 is 1.38 bits per heavy atom. The van der Waals surface area contributed by atoms with Crippen LogP contribution in [-0.2, 0) is 0 Å². The van der Waals surface area contributed by atoms with Gasteiger partial charge in [0.2, 0.25) is 0 Å². The molecule has 0 unspecified atom stereocenters. The molecule has 0 aliphatic carbocycles. The Morgan fingerprint density at radius 2 is 1.00 bits per heavy atom. The molecule has 0 aliphatic heterocycles. The van der Waals surface area contributed by atoms with Gasteiger partial charge in [-0.3, -0.25) is 0 Å². The molecule has 0 heterocycles. The molecular formula is C11H24ClN. The Kier molecular flexibility index (Phi) is 12.5. The van der Waals surface area contributed by atoms with E-state index in [4.69, 9.17) is 17.3 Å². The van der Waals surface area contributed by atoms with E-state index in [2.05, 4.69) is 0 Å². The first-order valence-electron chi connectivity index (χ1n) is 5.68. The second-order valence-electron chi connectivity index (χ2n) is 3.66. The van der Waals surface area contributed by atoms with E-state index < -0.39 is 0 Å². The highest BCUT2D eigenvalue weighted by Gasteiger charge is 1.91. The summed E-state index contributed by atoms with van der Waals surface area (Å²) in [7, 11) is 0. The Morgan fingerprint density at radius 1 is 0.615 bits per heavy atom. The number of nitrogens with two attached hydrogens (primary N) is 1. The van der Waals surface area contributed by atoms with E-state index in [1.165, 1.54) is 57.8 Å². The molecule has 0 rings (SSSR count). The first-order chi connectivity index (χ1) is 6.41. The maximum atomic E-state index is 5.59. The Hall–Kier alpha value is 0.250. The maximum Gasteiger partial charge on any atom is 0.0223 e. The van der Waals surface area contributed by atoms with Gasteiger partial charge in [0.15, 0.2) is 0 Å². The fraction of sp³-hybridized carbons (Fsp3) is 1.00. The van der Waals surface area contributed by atoms with Gasteiger partial charge in [0.05, 0.1) is 0 Å². The van der Waals surface area contributed by atoms with Crippen molar-refractivity contribution in [1.29, 1.82) is 0 Å². The smallest absolute Gasteiger partial charge is 0.0223 e. The van der Waals surface area contributed by atoms with Crippen LogP contribution < -0.4 is 5.73 Å². The van der Waals surface area contributed by atoms with Crippen molar-refractivity contribution in [2.75, 3.05) is 12.4 Å². The molecule has 0 atom stereocenters. The van der Waals surface area contributed by atoms with Gasteiger partial charge in [0.25, 0.3) is 0 Å². The Balaban J connectivity index is 2.76. The lowest BCUT2D eigenvalue weighted by molar-refractivity contribution is 0.567. The average Bonchev–Trinajstić information content (AvgIpc) is 2.16. The topological polar surface area (TPSA) is 26.0 Å². The molecule has 0 bridgehead atoms. The molecule has 0 saturated heterocycles. The summed E-state index contributed by atoms with van der Waals surface area (Å²) in [5.74, 6) is 0.830. The van der Waals surface area contributed by atoms with Gasteiger partial charge >= 0.3 is 0 Å². The van der Waals surface area contributed by atoms with Gasteiger partial charge in [0.1, 0.15) is 0 Å². The lowest BCUT2D eigenvalue weighted by Gasteiger charge is -2.00. The minimum atomic E-state index is 0.830. The zero-order valence-electron chi connectivity index (χ0n) is 8.73. The zero-order valence-corrected chi connectivity index (χ0v) is 9.49. The summed E-state index contributed by atoms with van der Waals surface area (Å²) in [5, 5.41) is 0. The lowest BCUT2D eigenvalue weighted by atomic mass is 10.1. The van der Waals surface area contributed by atoms with Crippen LogP contribution in [0, 0.1) is 0 Å². The molecule has 2 heteroatoms. The van der Waals surface area contributed by atoms with Gasteiger partial charge in [-0.1, -0.05) is 44.9 Å². The minimum absolute atomic E-state index is 0.830. The summed E-state index contributed by atoms with van der Waals surface area (Å²) >= 11 is 5.59. The van der Waals surface area contributed by atoms with Crippen molar-refractivity contribution >= 4 is 11.6 Å². The van der Waals surface area contributed by atoms with Crippen LogP contribution in [0.25, 0.3) is 0 Å². The van der Waals surface area contributed by atoms with Gasteiger partial charge < -0.3 is 5.73 Å². The average molecular weight is 206 g/mol. The van der Waals surface area contributed by atoms with Crippen molar-refractivity contribution in [3.8, 4) is 0 Å². The van der Waals surface area contributed by atoms with E-state index in [-0.39, 0.29) is 0 Å². The summed E-state index contributed by atoms with van der Waals surface area (Å²) in [6.07, 6.45) is 11.9. The summed E-state index contributed by atoms with van der Waals surface area (Å²) in [6, 6.07) is 0. The monoisotopic (exact) mass is 205 g/mol. The van der Waals surface area contributed by atoms with E-state index in [1.807, 2.05) is 0 Å². The van der Waals surface area contributed by atoms with E-state index in [0.29, 0.717) is 0 Å². The van der Waals surface area contributed by atoms with Crippen LogP contribution in [0.5, 0.6) is 0 Å². The van der Waals surface area contributed by atoms with Gasteiger partial charge in [0, 0.05) is 5.88 Å². The molecule has 0 aliphatic rings. The summed E-state index contributed by atoms with van der Waals surface area (Å²) in [4.78, 5) is 0. The van der Waals surface area contributed by atoms with Gasteiger partial charge in [-0.25, -0.2) is 0 Å². The highest BCUT2D eigenvalue weighted by atomic mass is 35.5. The molecule has 0 fully saturated rings. The van der Waals surface area contributed by atoms with Gasteiger partial charge in [-0.15, -0.1) is 11.6 Å². The summed E-state index contributed by atoms with van der Waals surface area (Å²) in [5.41, 5.74) is 5.41. The molecule has 0 radical (unpaired) electrons. The fourth-order valence-corrected chi connectivity index (χ4v) is 1.67. The van der Waals surface area contributed by atoms with Crippen molar-refractivity contribution < 1.29 is 0 Å². The predicted octanol–water partition coefficient (Wildman–Crippen LogP) is 3.69. The molecule has 0 aromatic carbocycles. The second-order valence-corrected chi connectivity index (χ2v) is 4.04. The Labute approximate surface area is 88.0 Å².